The molecule has 0 spiro atoms. The van der Waals surface area contributed by atoms with Crippen LogP contribution in [-0.4, -0.2) is 32.0 Å². The van der Waals surface area contributed by atoms with Gasteiger partial charge in [-0.1, -0.05) is 26.0 Å². The number of nitrogens with one attached hydrogen (secondary N) is 3. The number of amides is 1. The molecule has 0 heterocycles. The van der Waals surface area contributed by atoms with Gasteiger partial charge in [0.25, 0.3) is 5.91 Å². The lowest BCUT2D eigenvalue weighted by Crippen LogP contribution is -2.43. The average Bonchev–Trinajstić information content (AvgIpc) is 2.50. The number of hydrogen-bond acceptors (Lipinski definition) is 2. The van der Waals surface area contributed by atoms with E-state index in [4.69, 9.17) is 0 Å². The highest BCUT2D eigenvalue weighted by molar-refractivity contribution is 14.0. The second kappa shape index (κ2) is 10.4. The molecule has 0 bridgehead atoms. The molecular weight excluding hydrogens is 391 g/mol. The molecule has 22 heavy (non-hydrogen) atoms. The van der Waals surface area contributed by atoms with E-state index in [0.29, 0.717) is 24.1 Å². The first kappa shape index (κ1) is 20.7. The summed E-state index contributed by atoms with van der Waals surface area (Å²) >= 11 is 0. The normalized spacial score (nSPS) is 12.4. The first-order valence-corrected chi connectivity index (χ1v) is 7.26. The van der Waals surface area contributed by atoms with Crippen molar-refractivity contribution in [2.45, 2.75) is 33.4 Å². The smallest absolute Gasteiger partial charge is 0.251 e. The summed E-state index contributed by atoms with van der Waals surface area (Å²) in [5, 5.41) is 9.23. The van der Waals surface area contributed by atoms with Gasteiger partial charge in [-0.25, -0.2) is 0 Å². The number of carbonyl (C=O) groups is 1. The van der Waals surface area contributed by atoms with Crippen LogP contribution in [0.15, 0.2) is 29.3 Å². The van der Waals surface area contributed by atoms with Gasteiger partial charge in [0.1, 0.15) is 0 Å². The van der Waals surface area contributed by atoms with Gasteiger partial charge in [-0.2, -0.15) is 0 Å². The van der Waals surface area contributed by atoms with Crippen LogP contribution in [0.2, 0.25) is 0 Å². The number of carbonyl (C=O) groups excluding carboxylic acids is 1. The Morgan fingerprint density at radius 3 is 2.50 bits per heavy atom. The zero-order chi connectivity index (χ0) is 15.8. The highest BCUT2D eigenvalue weighted by Gasteiger charge is 2.09. The molecule has 124 valence electrons. The molecule has 1 aromatic rings. The molecular formula is C16H27IN4O. The Kier molecular flexibility index (Phi) is 9.80. The quantitative estimate of drug-likeness (QED) is 0.391. The lowest BCUT2D eigenvalue weighted by Gasteiger charge is -2.20. The number of hydrogen-bond donors (Lipinski definition) is 3. The Bertz CT molecular complexity index is 503. The van der Waals surface area contributed by atoms with Gasteiger partial charge >= 0.3 is 0 Å². The molecule has 0 aliphatic heterocycles. The minimum atomic E-state index is -0.0761. The largest absolute Gasteiger partial charge is 0.355 e. The Morgan fingerprint density at radius 1 is 1.27 bits per heavy atom. The van der Waals surface area contributed by atoms with Crippen LogP contribution in [0.4, 0.5) is 0 Å². The maximum Gasteiger partial charge on any atom is 0.251 e. The average molecular weight is 418 g/mol. The fraction of sp³-hybridized carbons (Fsp3) is 0.500. The number of benzene rings is 1. The Hall–Kier alpha value is -1.31. The molecule has 1 aromatic carbocycles. The van der Waals surface area contributed by atoms with E-state index in [0.717, 1.165) is 11.5 Å². The second-order valence-electron chi connectivity index (χ2n) is 5.38. The predicted molar refractivity (Wildman–Crippen MR) is 103 cm³/mol. The highest BCUT2D eigenvalue weighted by atomic mass is 127. The zero-order valence-electron chi connectivity index (χ0n) is 13.9. The summed E-state index contributed by atoms with van der Waals surface area (Å²) in [5.41, 5.74) is 1.70. The topological polar surface area (TPSA) is 65.5 Å². The van der Waals surface area contributed by atoms with E-state index in [2.05, 4.69) is 41.7 Å². The summed E-state index contributed by atoms with van der Waals surface area (Å²) in [4.78, 5) is 15.8. The molecule has 0 radical (unpaired) electrons. The van der Waals surface area contributed by atoms with E-state index in [9.17, 15) is 4.79 Å². The summed E-state index contributed by atoms with van der Waals surface area (Å²) in [7, 11) is 3.38. The number of rotatable bonds is 5. The molecule has 0 aliphatic carbocycles. The van der Waals surface area contributed by atoms with Crippen molar-refractivity contribution in [3.05, 3.63) is 35.4 Å². The standard InChI is InChI=1S/C16H26N4O.HI/c1-11(2)12(3)20-16(18-5)19-10-13-7-6-8-14(9-13)15(21)17-4;/h6-9,11-12H,10H2,1-5H3,(H,17,21)(H2,18,19,20);1H. The van der Waals surface area contributed by atoms with Gasteiger partial charge < -0.3 is 16.0 Å². The third kappa shape index (κ3) is 6.64. The second-order valence-corrected chi connectivity index (χ2v) is 5.38. The van der Waals surface area contributed by atoms with Gasteiger partial charge in [-0.05, 0) is 30.5 Å². The maximum absolute atomic E-state index is 11.6. The summed E-state index contributed by atoms with van der Waals surface area (Å²) < 4.78 is 0. The minimum Gasteiger partial charge on any atom is -0.355 e. The van der Waals surface area contributed by atoms with Gasteiger partial charge in [0.05, 0.1) is 0 Å². The van der Waals surface area contributed by atoms with Gasteiger partial charge in [-0.15, -0.1) is 24.0 Å². The van der Waals surface area contributed by atoms with Crippen molar-refractivity contribution in [2.24, 2.45) is 10.9 Å². The summed E-state index contributed by atoms with van der Waals surface area (Å²) in [6.45, 7) is 7.08. The van der Waals surface area contributed by atoms with Gasteiger partial charge in [0.2, 0.25) is 0 Å². The molecule has 5 nitrogen and oxygen atoms in total. The van der Waals surface area contributed by atoms with E-state index in [1.54, 1.807) is 20.2 Å². The van der Waals surface area contributed by atoms with E-state index in [1.165, 1.54) is 0 Å². The van der Waals surface area contributed by atoms with Crippen LogP contribution >= 0.6 is 24.0 Å². The molecule has 6 heteroatoms. The number of halogens is 1. The van der Waals surface area contributed by atoms with Crippen molar-refractivity contribution in [3.63, 3.8) is 0 Å². The summed E-state index contributed by atoms with van der Waals surface area (Å²) in [5.74, 6) is 1.22. The predicted octanol–water partition coefficient (Wildman–Crippen LogP) is 2.37. The molecule has 1 atom stereocenters. The van der Waals surface area contributed by atoms with Crippen LogP contribution in [0.1, 0.15) is 36.7 Å². The number of nitrogens with zero attached hydrogens (tertiary/aromatic N) is 1. The van der Waals surface area contributed by atoms with E-state index in [-0.39, 0.29) is 29.9 Å². The van der Waals surface area contributed by atoms with E-state index in [1.807, 2.05) is 18.2 Å². The van der Waals surface area contributed by atoms with Crippen LogP contribution in [0, 0.1) is 5.92 Å². The van der Waals surface area contributed by atoms with Crippen LogP contribution in [0.25, 0.3) is 0 Å². The van der Waals surface area contributed by atoms with Gasteiger partial charge in [0, 0.05) is 32.2 Å². The Labute approximate surface area is 150 Å². The van der Waals surface area contributed by atoms with Crippen molar-refractivity contribution in [2.75, 3.05) is 14.1 Å². The van der Waals surface area contributed by atoms with Crippen molar-refractivity contribution < 1.29 is 4.79 Å². The molecule has 1 unspecified atom stereocenters. The zero-order valence-corrected chi connectivity index (χ0v) is 16.3. The molecule has 0 aliphatic rings. The third-order valence-corrected chi connectivity index (χ3v) is 3.46. The van der Waals surface area contributed by atoms with Crippen molar-refractivity contribution in [3.8, 4) is 0 Å². The molecule has 3 N–H and O–H groups in total. The lowest BCUT2D eigenvalue weighted by atomic mass is 10.1. The molecule has 0 fully saturated rings. The SMILES string of the molecule is CN=C(NCc1cccc(C(=O)NC)c1)NC(C)C(C)C.I. The fourth-order valence-electron chi connectivity index (χ4n) is 1.73. The lowest BCUT2D eigenvalue weighted by molar-refractivity contribution is 0.0963. The Morgan fingerprint density at radius 2 is 1.95 bits per heavy atom. The van der Waals surface area contributed by atoms with Crippen LogP contribution < -0.4 is 16.0 Å². The molecule has 0 aromatic heterocycles. The summed E-state index contributed by atoms with van der Waals surface area (Å²) in [6, 6.07) is 7.89. The van der Waals surface area contributed by atoms with Crippen LogP contribution in [0.3, 0.4) is 0 Å². The van der Waals surface area contributed by atoms with Gasteiger partial charge in [-0.3, -0.25) is 9.79 Å². The number of aliphatic imine (C=N–C) groups is 1. The molecule has 1 rings (SSSR count). The minimum absolute atomic E-state index is 0. The monoisotopic (exact) mass is 418 g/mol. The van der Waals surface area contributed by atoms with Gasteiger partial charge in [0.15, 0.2) is 5.96 Å². The van der Waals surface area contributed by atoms with Crippen molar-refractivity contribution >= 4 is 35.8 Å². The van der Waals surface area contributed by atoms with E-state index < -0.39 is 0 Å². The maximum atomic E-state index is 11.6. The van der Waals surface area contributed by atoms with Crippen molar-refractivity contribution in [1.82, 2.24) is 16.0 Å². The Balaban J connectivity index is 0.00000441. The third-order valence-electron chi connectivity index (χ3n) is 3.46. The van der Waals surface area contributed by atoms with Crippen molar-refractivity contribution in [1.29, 1.82) is 0 Å². The number of guanidine groups is 1. The first-order chi connectivity index (χ1) is 9.97. The molecule has 0 saturated heterocycles. The summed E-state index contributed by atoms with van der Waals surface area (Å²) in [6.07, 6.45) is 0. The van der Waals surface area contributed by atoms with Crippen LogP contribution in [-0.2, 0) is 6.54 Å². The van der Waals surface area contributed by atoms with E-state index >= 15 is 0 Å². The molecule has 0 saturated carbocycles. The first-order valence-electron chi connectivity index (χ1n) is 7.26. The highest BCUT2D eigenvalue weighted by Crippen LogP contribution is 2.05. The fourth-order valence-corrected chi connectivity index (χ4v) is 1.73. The van der Waals surface area contributed by atoms with Crippen LogP contribution in [0.5, 0.6) is 0 Å². The molecule has 1 amide bonds.